The van der Waals surface area contributed by atoms with Gasteiger partial charge in [-0.2, -0.15) is 0 Å². The van der Waals surface area contributed by atoms with Gasteiger partial charge in [-0.25, -0.2) is 0 Å². The summed E-state index contributed by atoms with van der Waals surface area (Å²) in [5.74, 6) is 1.41. The van der Waals surface area contributed by atoms with Crippen molar-refractivity contribution in [1.82, 2.24) is 5.32 Å². The quantitative estimate of drug-likeness (QED) is 0.617. The first-order valence-electron chi connectivity index (χ1n) is 14.6. The third-order valence-electron chi connectivity index (χ3n) is 9.24. The molecule has 3 heterocycles. The Bertz CT molecular complexity index is 954. The average molecular weight is 512 g/mol. The van der Waals surface area contributed by atoms with E-state index in [4.69, 9.17) is 9.47 Å². The molecule has 37 heavy (non-hydrogen) atoms. The predicted octanol–water partition coefficient (Wildman–Crippen LogP) is 4.98. The number of anilines is 2. The molecule has 3 aliphatic heterocycles. The van der Waals surface area contributed by atoms with E-state index in [1.54, 1.807) is 6.92 Å². The molecule has 7 heteroatoms. The van der Waals surface area contributed by atoms with Crippen molar-refractivity contribution in [1.29, 1.82) is 0 Å². The Balaban J connectivity index is 1.52. The lowest BCUT2D eigenvalue weighted by molar-refractivity contribution is -0.127. The molecule has 3 fully saturated rings. The van der Waals surface area contributed by atoms with Crippen molar-refractivity contribution < 1.29 is 19.1 Å². The van der Waals surface area contributed by atoms with Crippen molar-refractivity contribution in [3.05, 3.63) is 23.8 Å². The first kappa shape index (κ1) is 26.6. The fourth-order valence-electron chi connectivity index (χ4n) is 7.51. The number of hydrogen-bond acceptors (Lipinski definition) is 5. The molecule has 4 aliphatic rings. The van der Waals surface area contributed by atoms with Gasteiger partial charge in [-0.3, -0.25) is 14.9 Å². The van der Waals surface area contributed by atoms with Gasteiger partial charge in [-0.15, -0.1) is 0 Å². The number of amides is 2. The molecule has 1 aromatic carbocycles. The summed E-state index contributed by atoms with van der Waals surface area (Å²) in [7, 11) is 1.83. The minimum absolute atomic E-state index is 0.0134. The second-order valence-electron chi connectivity index (χ2n) is 11.6. The van der Waals surface area contributed by atoms with Crippen LogP contribution < -0.4 is 15.1 Å². The zero-order valence-corrected chi connectivity index (χ0v) is 22.9. The lowest BCUT2D eigenvalue weighted by Crippen LogP contribution is -2.53. The number of hydrogen-bond donors (Lipinski definition) is 1. The van der Waals surface area contributed by atoms with Gasteiger partial charge in [-0.1, -0.05) is 51.0 Å². The summed E-state index contributed by atoms with van der Waals surface area (Å²) < 4.78 is 11.8. The molecule has 0 spiro atoms. The molecule has 1 N–H and O–H groups in total. The van der Waals surface area contributed by atoms with Crippen LogP contribution in [0.3, 0.4) is 0 Å². The normalized spacial score (nSPS) is 31.5. The highest BCUT2D eigenvalue weighted by Crippen LogP contribution is 2.46. The maximum absolute atomic E-state index is 13.6. The van der Waals surface area contributed by atoms with E-state index in [0.29, 0.717) is 30.9 Å². The Labute approximate surface area is 222 Å². The van der Waals surface area contributed by atoms with Gasteiger partial charge in [0.2, 0.25) is 5.91 Å². The molecule has 5 rings (SSSR count). The van der Waals surface area contributed by atoms with E-state index >= 15 is 0 Å². The van der Waals surface area contributed by atoms with Gasteiger partial charge in [0.05, 0.1) is 17.4 Å². The summed E-state index contributed by atoms with van der Waals surface area (Å²) in [5.41, 5.74) is 2.95. The number of nitrogens with zero attached hydrogens (tertiary/aromatic N) is 2. The van der Waals surface area contributed by atoms with Crippen LogP contribution in [0.5, 0.6) is 0 Å². The maximum Gasteiger partial charge on any atom is 0.256 e. The summed E-state index contributed by atoms with van der Waals surface area (Å²) in [6, 6.07) is 6.42. The Morgan fingerprint density at radius 1 is 1.00 bits per heavy atom. The van der Waals surface area contributed by atoms with Gasteiger partial charge in [0.15, 0.2) is 0 Å². The van der Waals surface area contributed by atoms with E-state index in [2.05, 4.69) is 23.5 Å². The van der Waals surface area contributed by atoms with Gasteiger partial charge >= 0.3 is 0 Å². The molecule has 0 aromatic heterocycles. The predicted molar refractivity (Wildman–Crippen MR) is 146 cm³/mol. The van der Waals surface area contributed by atoms with Crippen LogP contribution in [0.25, 0.3) is 0 Å². The number of nitrogens with one attached hydrogen (secondary N) is 1. The van der Waals surface area contributed by atoms with Crippen molar-refractivity contribution in [2.75, 3.05) is 36.6 Å². The van der Waals surface area contributed by atoms with Gasteiger partial charge in [0, 0.05) is 33.1 Å². The van der Waals surface area contributed by atoms with Crippen molar-refractivity contribution in [3.8, 4) is 0 Å². The minimum Gasteiger partial charge on any atom is -0.368 e. The molecule has 7 nitrogen and oxygen atoms in total. The summed E-state index contributed by atoms with van der Waals surface area (Å²) in [6.45, 7) is 5.69. The van der Waals surface area contributed by atoms with Gasteiger partial charge < -0.3 is 19.3 Å². The van der Waals surface area contributed by atoms with E-state index in [1.807, 2.05) is 23.8 Å². The zero-order chi connectivity index (χ0) is 25.9. The molecule has 5 atom stereocenters. The molecule has 1 saturated carbocycles. The SMILES string of the molecule is COC1NCCC(c2ccc3c(c2)N(C(=O)C2CCCO2)CC(C)N3C(C)=O)C1C1CCCCCCC1. The number of fused-ring (bicyclic) bond motifs is 1. The van der Waals surface area contributed by atoms with Crippen molar-refractivity contribution in [2.24, 2.45) is 11.8 Å². The highest BCUT2D eigenvalue weighted by atomic mass is 16.5. The number of benzene rings is 1. The molecule has 2 saturated heterocycles. The molecule has 1 aromatic rings. The van der Waals surface area contributed by atoms with E-state index in [0.717, 1.165) is 37.2 Å². The Morgan fingerprint density at radius 2 is 1.76 bits per heavy atom. The van der Waals surface area contributed by atoms with Crippen LogP contribution in [0.4, 0.5) is 11.4 Å². The number of ether oxygens (including phenoxy) is 2. The van der Waals surface area contributed by atoms with E-state index < -0.39 is 0 Å². The van der Waals surface area contributed by atoms with Crippen LogP contribution in [0.2, 0.25) is 0 Å². The lowest BCUT2D eigenvalue weighted by atomic mass is 9.69. The maximum atomic E-state index is 13.6. The van der Waals surface area contributed by atoms with Crippen molar-refractivity contribution in [2.45, 2.75) is 102 Å². The lowest BCUT2D eigenvalue weighted by Gasteiger charge is -2.45. The fraction of sp³-hybridized carbons (Fsp3) is 0.733. The van der Waals surface area contributed by atoms with Gasteiger partial charge in [-0.05, 0) is 62.3 Å². The Hall–Kier alpha value is -1.96. The highest BCUT2D eigenvalue weighted by molar-refractivity contribution is 6.05. The molecule has 5 unspecified atom stereocenters. The van der Waals surface area contributed by atoms with Crippen LogP contribution in [0.1, 0.15) is 89.5 Å². The van der Waals surface area contributed by atoms with Gasteiger partial charge in [0.1, 0.15) is 12.3 Å². The van der Waals surface area contributed by atoms with E-state index in [9.17, 15) is 9.59 Å². The third-order valence-corrected chi connectivity index (χ3v) is 9.24. The number of rotatable bonds is 4. The minimum atomic E-state index is -0.382. The Morgan fingerprint density at radius 3 is 2.43 bits per heavy atom. The Kier molecular flexibility index (Phi) is 8.52. The zero-order valence-electron chi connectivity index (χ0n) is 22.9. The van der Waals surface area contributed by atoms with E-state index in [1.165, 1.54) is 50.5 Å². The van der Waals surface area contributed by atoms with Crippen LogP contribution in [0.15, 0.2) is 18.2 Å². The number of carbonyl (C=O) groups excluding carboxylic acids is 2. The fourth-order valence-corrected chi connectivity index (χ4v) is 7.51. The second kappa shape index (κ2) is 11.8. The molecule has 204 valence electrons. The molecular weight excluding hydrogens is 466 g/mol. The van der Waals surface area contributed by atoms with E-state index in [-0.39, 0.29) is 30.2 Å². The number of piperidine rings is 1. The summed E-state index contributed by atoms with van der Waals surface area (Å²) in [6.07, 6.45) is 11.5. The summed E-state index contributed by atoms with van der Waals surface area (Å²) in [4.78, 5) is 30.0. The highest BCUT2D eigenvalue weighted by Gasteiger charge is 2.41. The van der Waals surface area contributed by atoms with Crippen LogP contribution in [0, 0.1) is 11.8 Å². The third kappa shape index (κ3) is 5.45. The first-order chi connectivity index (χ1) is 18.0. The van der Waals surface area contributed by atoms with Crippen molar-refractivity contribution >= 4 is 23.2 Å². The monoisotopic (exact) mass is 511 g/mol. The number of methoxy groups -OCH3 is 1. The number of carbonyl (C=O) groups is 2. The standard InChI is InChI=1S/C30H45N3O4/c1-20-19-32(30(35)27-12-9-17-37-27)26-18-23(13-14-25(26)33(20)21(2)34)24-15-16-31-29(36-3)28(24)22-10-7-5-4-6-8-11-22/h13-14,18,20,22,24,27-29,31H,4-12,15-17,19H2,1-3H3. The second-order valence-corrected chi connectivity index (χ2v) is 11.6. The molecular formula is C30H45N3O4. The smallest absolute Gasteiger partial charge is 0.256 e. The largest absolute Gasteiger partial charge is 0.368 e. The van der Waals surface area contributed by atoms with Crippen LogP contribution in [-0.2, 0) is 19.1 Å². The summed E-state index contributed by atoms with van der Waals surface area (Å²) in [5, 5.41) is 3.65. The van der Waals surface area contributed by atoms with Crippen LogP contribution in [-0.4, -0.2) is 57.0 Å². The molecule has 0 radical (unpaired) electrons. The average Bonchev–Trinajstić information content (AvgIpc) is 3.42. The molecule has 0 bridgehead atoms. The van der Waals surface area contributed by atoms with Crippen molar-refractivity contribution in [3.63, 3.8) is 0 Å². The first-order valence-corrected chi connectivity index (χ1v) is 14.6. The van der Waals surface area contributed by atoms with Gasteiger partial charge in [0.25, 0.3) is 5.91 Å². The topological polar surface area (TPSA) is 71.1 Å². The van der Waals surface area contributed by atoms with Crippen LogP contribution >= 0.6 is 0 Å². The summed E-state index contributed by atoms with van der Waals surface area (Å²) >= 11 is 0. The molecule has 1 aliphatic carbocycles. The molecule has 2 amide bonds.